The smallest absolute Gasteiger partial charge is 0.252 e. The van der Waals surface area contributed by atoms with Crippen molar-refractivity contribution in [1.29, 1.82) is 0 Å². The summed E-state index contributed by atoms with van der Waals surface area (Å²) in [5.74, 6) is 0.991. The van der Waals surface area contributed by atoms with Gasteiger partial charge in [-0.3, -0.25) is 4.79 Å². The second-order valence-corrected chi connectivity index (χ2v) is 6.93. The number of amides is 1. The van der Waals surface area contributed by atoms with Crippen LogP contribution in [0.25, 0.3) is 0 Å². The molecule has 84 valence electrons. The fourth-order valence-corrected chi connectivity index (χ4v) is 2.47. The molecule has 4 heteroatoms. The van der Waals surface area contributed by atoms with Gasteiger partial charge in [-0.15, -0.1) is 0 Å². The zero-order valence-electron chi connectivity index (χ0n) is 9.37. The molecule has 1 aromatic heterocycles. The Morgan fingerprint density at radius 3 is 2.80 bits per heavy atom. The lowest BCUT2D eigenvalue weighted by atomic mass is 10.3. The Balaban J connectivity index is 2.19. The average molecular weight is 243 g/mol. The van der Waals surface area contributed by atoms with Crippen molar-refractivity contribution in [2.24, 2.45) is 0 Å². The topological polar surface area (TPSA) is 29.1 Å². The number of hydrogen-bond acceptors (Lipinski definition) is 3. The lowest BCUT2D eigenvalue weighted by Gasteiger charge is -2.17. The van der Waals surface area contributed by atoms with Gasteiger partial charge < -0.3 is 5.32 Å². The van der Waals surface area contributed by atoms with E-state index in [0.717, 1.165) is 17.9 Å². The summed E-state index contributed by atoms with van der Waals surface area (Å²) in [6.45, 7) is 7.27. The number of nitrogens with one attached hydrogen (secondary N) is 1. The Morgan fingerprint density at radius 1 is 1.53 bits per heavy atom. The highest BCUT2D eigenvalue weighted by atomic mass is 32.2. The molecule has 15 heavy (non-hydrogen) atoms. The van der Waals surface area contributed by atoms with E-state index < -0.39 is 0 Å². The summed E-state index contributed by atoms with van der Waals surface area (Å²) < 4.78 is 0.271. The van der Waals surface area contributed by atoms with E-state index in [1.807, 2.05) is 28.6 Å². The number of carbonyl (C=O) groups is 1. The SMILES string of the molecule is CC(C)(C)SCCNC(=O)c1ccsc1. The third kappa shape index (κ3) is 5.23. The van der Waals surface area contributed by atoms with Crippen LogP contribution in [-0.4, -0.2) is 23.0 Å². The van der Waals surface area contributed by atoms with E-state index in [0.29, 0.717) is 0 Å². The van der Waals surface area contributed by atoms with Crippen LogP contribution in [0.3, 0.4) is 0 Å². The van der Waals surface area contributed by atoms with Gasteiger partial charge in [0, 0.05) is 28.0 Å². The second kappa shape index (κ2) is 5.56. The van der Waals surface area contributed by atoms with Crippen LogP contribution in [0.1, 0.15) is 31.1 Å². The van der Waals surface area contributed by atoms with Gasteiger partial charge in [-0.1, -0.05) is 20.8 Å². The second-order valence-electron chi connectivity index (χ2n) is 4.23. The predicted molar refractivity (Wildman–Crippen MR) is 68.9 cm³/mol. The summed E-state index contributed by atoms with van der Waals surface area (Å²) in [5, 5.41) is 6.69. The zero-order valence-corrected chi connectivity index (χ0v) is 11.0. The van der Waals surface area contributed by atoms with E-state index in [9.17, 15) is 4.79 Å². The van der Waals surface area contributed by atoms with Gasteiger partial charge in [0.15, 0.2) is 0 Å². The maximum absolute atomic E-state index is 11.5. The van der Waals surface area contributed by atoms with Crippen molar-refractivity contribution in [2.45, 2.75) is 25.5 Å². The minimum absolute atomic E-state index is 0.0331. The average Bonchev–Trinajstić information content (AvgIpc) is 2.63. The minimum atomic E-state index is 0.0331. The maximum Gasteiger partial charge on any atom is 0.252 e. The third-order valence-corrected chi connectivity index (χ3v) is 3.66. The molecule has 1 N–H and O–H groups in total. The van der Waals surface area contributed by atoms with E-state index in [1.165, 1.54) is 0 Å². The van der Waals surface area contributed by atoms with Gasteiger partial charge in [0.2, 0.25) is 0 Å². The van der Waals surface area contributed by atoms with Crippen LogP contribution < -0.4 is 5.32 Å². The molecule has 0 saturated carbocycles. The molecule has 2 nitrogen and oxygen atoms in total. The highest BCUT2D eigenvalue weighted by Crippen LogP contribution is 2.22. The fourth-order valence-electron chi connectivity index (χ4n) is 1.02. The van der Waals surface area contributed by atoms with Crippen molar-refractivity contribution in [1.82, 2.24) is 5.32 Å². The molecule has 0 aliphatic heterocycles. The van der Waals surface area contributed by atoms with Crippen LogP contribution in [0, 0.1) is 0 Å². The summed E-state index contributed by atoms with van der Waals surface area (Å²) in [7, 11) is 0. The summed E-state index contributed by atoms with van der Waals surface area (Å²) in [4.78, 5) is 11.5. The Kier molecular flexibility index (Phi) is 4.67. The Morgan fingerprint density at radius 2 is 2.27 bits per heavy atom. The van der Waals surface area contributed by atoms with Crippen LogP contribution in [-0.2, 0) is 0 Å². The molecule has 0 atom stereocenters. The summed E-state index contributed by atoms with van der Waals surface area (Å²) in [6.07, 6.45) is 0. The van der Waals surface area contributed by atoms with Gasteiger partial charge in [0.25, 0.3) is 5.91 Å². The number of carbonyl (C=O) groups excluding carboxylic acids is 1. The molecular formula is C11H17NOS2. The Labute approximate surface area is 99.5 Å². The van der Waals surface area contributed by atoms with Gasteiger partial charge >= 0.3 is 0 Å². The maximum atomic E-state index is 11.5. The van der Waals surface area contributed by atoms with E-state index >= 15 is 0 Å². The van der Waals surface area contributed by atoms with E-state index in [4.69, 9.17) is 0 Å². The molecule has 0 bridgehead atoms. The quantitative estimate of drug-likeness (QED) is 0.824. The molecule has 1 aromatic rings. The van der Waals surface area contributed by atoms with Gasteiger partial charge in [0.05, 0.1) is 0 Å². The highest BCUT2D eigenvalue weighted by molar-refractivity contribution is 8.00. The predicted octanol–water partition coefficient (Wildman–Crippen LogP) is 3.01. The molecule has 0 aliphatic rings. The summed E-state index contributed by atoms with van der Waals surface area (Å²) in [5.41, 5.74) is 0.765. The molecular weight excluding hydrogens is 226 g/mol. The number of hydrogen-bond donors (Lipinski definition) is 1. The minimum Gasteiger partial charge on any atom is -0.351 e. The van der Waals surface area contributed by atoms with Crippen molar-refractivity contribution in [3.63, 3.8) is 0 Å². The summed E-state index contributed by atoms with van der Waals surface area (Å²) in [6, 6.07) is 1.84. The number of thioether (sulfide) groups is 1. The van der Waals surface area contributed by atoms with Crippen molar-refractivity contribution < 1.29 is 4.79 Å². The van der Waals surface area contributed by atoms with Gasteiger partial charge in [0.1, 0.15) is 0 Å². The first-order chi connectivity index (χ1) is 6.99. The van der Waals surface area contributed by atoms with E-state index in [1.54, 1.807) is 11.3 Å². The van der Waals surface area contributed by atoms with Crippen LogP contribution in [0.15, 0.2) is 16.8 Å². The first-order valence-electron chi connectivity index (χ1n) is 4.93. The van der Waals surface area contributed by atoms with Crippen LogP contribution >= 0.6 is 23.1 Å². The van der Waals surface area contributed by atoms with Crippen molar-refractivity contribution in [3.8, 4) is 0 Å². The van der Waals surface area contributed by atoms with Crippen molar-refractivity contribution in [3.05, 3.63) is 22.4 Å². The standard InChI is InChI=1S/C11H17NOS2/c1-11(2,3)15-7-5-12-10(13)9-4-6-14-8-9/h4,6,8H,5,7H2,1-3H3,(H,12,13). The number of rotatable bonds is 4. The Bertz CT molecular complexity index is 301. The monoisotopic (exact) mass is 243 g/mol. The Hall–Kier alpha value is -0.480. The molecule has 1 amide bonds. The molecule has 0 unspecified atom stereocenters. The molecule has 0 aromatic carbocycles. The molecule has 0 aliphatic carbocycles. The first-order valence-corrected chi connectivity index (χ1v) is 6.86. The zero-order chi connectivity index (χ0) is 11.3. The van der Waals surface area contributed by atoms with E-state index in [-0.39, 0.29) is 10.7 Å². The molecule has 0 spiro atoms. The molecule has 1 heterocycles. The van der Waals surface area contributed by atoms with Crippen molar-refractivity contribution >= 4 is 29.0 Å². The lowest BCUT2D eigenvalue weighted by Crippen LogP contribution is -2.26. The van der Waals surface area contributed by atoms with Crippen LogP contribution in [0.4, 0.5) is 0 Å². The lowest BCUT2D eigenvalue weighted by molar-refractivity contribution is 0.0956. The third-order valence-electron chi connectivity index (χ3n) is 1.71. The molecule has 1 rings (SSSR count). The van der Waals surface area contributed by atoms with Crippen molar-refractivity contribution in [2.75, 3.05) is 12.3 Å². The molecule has 0 radical (unpaired) electrons. The van der Waals surface area contributed by atoms with Gasteiger partial charge in [-0.05, 0) is 11.4 Å². The highest BCUT2D eigenvalue weighted by Gasteiger charge is 2.10. The number of thiophene rings is 1. The normalized spacial score (nSPS) is 11.4. The van der Waals surface area contributed by atoms with Gasteiger partial charge in [-0.25, -0.2) is 0 Å². The largest absolute Gasteiger partial charge is 0.351 e. The fraction of sp³-hybridized carbons (Fsp3) is 0.545. The molecule has 0 saturated heterocycles. The van der Waals surface area contributed by atoms with Gasteiger partial charge in [-0.2, -0.15) is 23.1 Å². The van der Waals surface area contributed by atoms with E-state index in [2.05, 4.69) is 26.1 Å². The summed E-state index contributed by atoms with van der Waals surface area (Å²) >= 11 is 3.41. The molecule has 0 fully saturated rings. The van der Waals surface area contributed by atoms with Crippen LogP contribution in [0.2, 0.25) is 0 Å². The first kappa shape index (κ1) is 12.6. The van der Waals surface area contributed by atoms with Crippen LogP contribution in [0.5, 0.6) is 0 Å².